The summed E-state index contributed by atoms with van der Waals surface area (Å²) in [6, 6.07) is 5.42. The fourth-order valence-corrected chi connectivity index (χ4v) is 2.41. The van der Waals surface area contributed by atoms with Crippen molar-refractivity contribution in [3.63, 3.8) is 0 Å². The monoisotopic (exact) mass is 258 g/mol. The Bertz CT molecular complexity index is 362. The highest BCUT2D eigenvalue weighted by Crippen LogP contribution is 2.32. The van der Waals surface area contributed by atoms with E-state index < -0.39 is 0 Å². The molecule has 0 unspecified atom stereocenters. The van der Waals surface area contributed by atoms with Crippen molar-refractivity contribution in [1.82, 2.24) is 4.90 Å². The molecule has 1 amide bonds. The number of halogens is 1. The first-order valence-electron chi connectivity index (χ1n) is 4.89. The molecule has 0 radical (unpaired) electrons. The number of nitrogen functional groups attached to an aromatic ring is 1. The Morgan fingerprint density at radius 1 is 1.50 bits per heavy atom. The minimum absolute atomic E-state index is 0.109. The van der Waals surface area contributed by atoms with E-state index in [0.717, 1.165) is 4.90 Å². The molecule has 0 aliphatic carbocycles. The minimum atomic E-state index is 0.109. The van der Waals surface area contributed by atoms with Crippen molar-refractivity contribution in [3.8, 4) is 0 Å². The summed E-state index contributed by atoms with van der Waals surface area (Å²) in [4.78, 5) is 13.8. The van der Waals surface area contributed by atoms with Gasteiger partial charge in [0.2, 0.25) is 5.91 Å². The van der Waals surface area contributed by atoms with Gasteiger partial charge in [-0.15, -0.1) is 11.8 Å². The van der Waals surface area contributed by atoms with Crippen LogP contribution in [0.5, 0.6) is 0 Å². The van der Waals surface area contributed by atoms with Gasteiger partial charge in [0.25, 0.3) is 0 Å². The van der Waals surface area contributed by atoms with Gasteiger partial charge in [-0.3, -0.25) is 4.79 Å². The Morgan fingerprint density at radius 3 is 2.75 bits per heavy atom. The molecule has 16 heavy (non-hydrogen) atoms. The maximum Gasteiger partial charge on any atom is 0.222 e. The number of nitrogens with zero attached hydrogens (tertiary/aromatic N) is 1. The van der Waals surface area contributed by atoms with E-state index in [9.17, 15) is 4.79 Å². The van der Waals surface area contributed by atoms with Gasteiger partial charge in [-0.1, -0.05) is 17.7 Å². The second-order valence-electron chi connectivity index (χ2n) is 3.54. The van der Waals surface area contributed by atoms with Gasteiger partial charge in [0.05, 0.1) is 5.02 Å². The first kappa shape index (κ1) is 13.2. The van der Waals surface area contributed by atoms with Gasteiger partial charge in [0.1, 0.15) is 0 Å². The molecule has 2 N–H and O–H groups in total. The molecular weight excluding hydrogens is 244 g/mol. The Kier molecular flexibility index (Phi) is 4.96. The average Bonchev–Trinajstić information content (AvgIpc) is 2.22. The molecule has 1 aromatic rings. The SMILES string of the molecule is CN(C)C(=O)CCSc1c(N)cccc1Cl. The van der Waals surface area contributed by atoms with Crippen LogP contribution in [0.2, 0.25) is 5.02 Å². The highest BCUT2D eigenvalue weighted by atomic mass is 35.5. The number of rotatable bonds is 4. The summed E-state index contributed by atoms with van der Waals surface area (Å²) < 4.78 is 0. The number of anilines is 1. The van der Waals surface area contributed by atoms with Crippen LogP contribution in [-0.2, 0) is 4.79 Å². The van der Waals surface area contributed by atoms with E-state index in [4.69, 9.17) is 17.3 Å². The van der Waals surface area contributed by atoms with Crippen LogP contribution in [0.1, 0.15) is 6.42 Å². The second-order valence-corrected chi connectivity index (χ2v) is 5.06. The largest absolute Gasteiger partial charge is 0.398 e. The molecule has 0 saturated carbocycles. The Hall–Kier alpha value is -0.870. The standard InChI is InChI=1S/C11H15ClN2OS/c1-14(2)10(15)6-7-16-11-8(12)4-3-5-9(11)13/h3-5H,6-7,13H2,1-2H3. The second kappa shape index (κ2) is 6.01. The first-order chi connectivity index (χ1) is 7.52. The summed E-state index contributed by atoms with van der Waals surface area (Å²) in [5.74, 6) is 0.795. The molecule has 0 bridgehead atoms. The van der Waals surface area contributed by atoms with Crippen LogP contribution in [0.4, 0.5) is 5.69 Å². The summed E-state index contributed by atoms with van der Waals surface area (Å²) in [6.45, 7) is 0. The maximum atomic E-state index is 11.4. The zero-order valence-electron chi connectivity index (χ0n) is 9.37. The summed E-state index contributed by atoms with van der Waals surface area (Å²) in [5, 5.41) is 0.641. The molecule has 0 spiro atoms. The Morgan fingerprint density at radius 2 is 2.19 bits per heavy atom. The van der Waals surface area contributed by atoms with Crippen LogP contribution in [-0.4, -0.2) is 30.7 Å². The van der Waals surface area contributed by atoms with E-state index in [1.54, 1.807) is 25.1 Å². The third kappa shape index (κ3) is 3.61. The van der Waals surface area contributed by atoms with E-state index in [1.165, 1.54) is 11.8 Å². The van der Waals surface area contributed by atoms with E-state index in [-0.39, 0.29) is 5.91 Å². The molecule has 3 nitrogen and oxygen atoms in total. The van der Waals surface area contributed by atoms with Crippen LogP contribution < -0.4 is 5.73 Å². The number of carbonyl (C=O) groups is 1. The first-order valence-corrected chi connectivity index (χ1v) is 6.25. The summed E-state index contributed by atoms with van der Waals surface area (Å²) in [6.07, 6.45) is 0.488. The number of hydrogen-bond acceptors (Lipinski definition) is 3. The van der Waals surface area contributed by atoms with Gasteiger partial charge in [-0.2, -0.15) is 0 Å². The molecule has 0 aliphatic heterocycles. The number of hydrogen-bond donors (Lipinski definition) is 1. The van der Waals surface area contributed by atoms with Crippen LogP contribution in [0.3, 0.4) is 0 Å². The molecule has 0 heterocycles. The third-order valence-corrected chi connectivity index (χ3v) is 3.64. The van der Waals surface area contributed by atoms with Crippen LogP contribution in [0.25, 0.3) is 0 Å². The number of thioether (sulfide) groups is 1. The highest BCUT2D eigenvalue weighted by molar-refractivity contribution is 7.99. The molecule has 5 heteroatoms. The zero-order chi connectivity index (χ0) is 12.1. The van der Waals surface area contributed by atoms with E-state index in [1.807, 2.05) is 12.1 Å². The van der Waals surface area contributed by atoms with Crippen molar-refractivity contribution < 1.29 is 4.79 Å². The van der Waals surface area contributed by atoms with Gasteiger partial charge in [0.15, 0.2) is 0 Å². The van der Waals surface area contributed by atoms with E-state index in [0.29, 0.717) is 22.9 Å². The Balaban J connectivity index is 2.52. The fraction of sp³-hybridized carbons (Fsp3) is 0.364. The lowest BCUT2D eigenvalue weighted by molar-refractivity contribution is -0.128. The summed E-state index contributed by atoms with van der Waals surface area (Å²) >= 11 is 7.53. The maximum absolute atomic E-state index is 11.4. The van der Waals surface area contributed by atoms with E-state index in [2.05, 4.69) is 0 Å². The number of carbonyl (C=O) groups excluding carboxylic acids is 1. The minimum Gasteiger partial charge on any atom is -0.398 e. The predicted molar refractivity (Wildman–Crippen MR) is 69.9 cm³/mol. The molecule has 0 aliphatic rings. The van der Waals surface area contributed by atoms with Crippen molar-refractivity contribution in [2.45, 2.75) is 11.3 Å². The van der Waals surface area contributed by atoms with Gasteiger partial charge >= 0.3 is 0 Å². The van der Waals surface area contributed by atoms with Crippen molar-refractivity contribution in [3.05, 3.63) is 23.2 Å². The molecule has 0 saturated heterocycles. The van der Waals surface area contributed by atoms with Gasteiger partial charge < -0.3 is 10.6 Å². The highest BCUT2D eigenvalue weighted by Gasteiger charge is 2.08. The molecule has 0 atom stereocenters. The summed E-state index contributed by atoms with van der Waals surface area (Å²) in [5.41, 5.74) is 6.46. The Labute approximate surface area is 105 Å². The molecule has 1 aromatic carbocycles. The smallest absolute Gasteiger partial charge is 0.222 e. The van der Waals surface area contributed by atoms with Crippen molar-refractivity contribution in [2.75, 3.05) is 25.6 Å². The summed E-state index contributed by atoms with van der Waals surface area (Å²) in [7, 11) is 3.49. The molecule has 0 aromatic heterocycles. The lowest BCUT2D eigenvalue weighted by atomic mass is 10.3. The lowest BCUT2D eigenvalue weighted by Crippen LogP contribution is -2.21. The number of nitrogens with two attached hydrogens (primary N) is 1. The van der Waals surface area contributed by atoms with Crippen molar-refractivity contribution in [1.29, 1.82) is 0 Å². The van der Waals surface area contributed by atoms with Gasteiger partial charge in [0, 0.05) is 36.9 Å². The zero-order valence-corrected chi connectivity index (χ0v) is 10.9. The van der Waals surface area contributed by atoms with Gasteiger partial charge in [-0.25, -0.2) is 0 Å². The number of benzene rings is 1. The average molecular weight is 259 g/mol. The van der Waals surface area contributed by atoms with Crippen LogP contribution in [0.15, 0.2) is 23.1 Å². The van der Waals surface area contributed by atoms with Crippen molar-refractivity contribution in [2.24, 2.45) is 0 Å². The topological polar surface area (TPSA) is 46.3 Å². The molecule has 1 rings (SSSR count). The quantitative estimate of drug-likeness (QED) is 0.667. The van der Waals surface area contributed by atoms with Crippen LogP contribution in [0, 0.1) is 0 Å². The lowest BCUT2D eigenvalue weighted by Gasteiger charge is -2.10. The van der Waals surface area contributed by atoms with Crippen molar-refractivity contribution >= 4 is 35.0 Å². The van der Waals surface area contributed by atoms with Crippen LogP contribution >= 0.6 is 23.4 Å². The molecule has 0 fully saturated rings. The van der Waals surface area contributed by atoms with Gasteiger partial charge in [-0.05, 0) is 12.1 Å². The van der Waals surface area contributed by atoms with E-state index >= 15 is 0 Å². The predicted octanol–water partition coefficient (Wildman–Crippen LogP) is 2.49. The number of amides is 1. The fourth-order valence-electron chi connectivity index (χ4n) is 1.14. The molecular formula is C11H15ClN2OS. The molecule has 88 valence electrons. The normalized spacial score (nSPS) is 10.2. The third-order valence-electron chi connectivity index (χ3n) is 2.06.